The third kappa shape index (κ3) is 2.86. The normalized spacial score (nSPS) is 14.0. The van der Waals surface area contributed by atoms with E-state index in [0.717, 1.165) is 9.79 Å². The summed E-state index contributed by atoms with van der Waals surface area (Å²) in [5.41, 5.74) is 0.595. The monoisotopic (exact) mass is 315 g/mol. The van der Waals surface area contributed by atoms with E-state index in [4.69, 9.17) is 11.6 Å². The molecule has 0 bridgehead atoms. The topological polar surface area (TPSA) is 37.4 Å². The molecule has 5 heteroatoms. The quantitative estimate of drug-likeness (QED) is 0.806. The van der Waals surface area contributed by atoms with Crippen LogP contribution < -0.4 is 4.90 Å². The van der Waals surface area contributed by atoms with Gasteiger partial charge >= 0.3 is 0 Å². The minimum Gasteiger partial charge on any atom is -0.269 e. The Morgan fingerprint density at radius 1 is 0.857 bits per heavy atom. The van der Waals surface area contributed by atoms with Crippen LogP contribution in [0.25, 0.3) is 0 Å². The Morgan fingerprint density at radius 2 is 1.48 bits per heavy atom. The lowest BCUT2D eigenvalue weighted by Crippen LogP contribution is -2.29. The van der Waals surface area contributed by atoms with Gasteiger partial charge in [-0.25, -0.2) is 4.90 Å². The number of nitrogens with zero attached hydrogens (tertiary/aromatic N) is 1. The van der Waals surface area contributed by atoms with Crippen molar-refractivity contribution >= 4 is 40.9 Å². The Bertz CT molecular complexity index is 722. The van der Waals surface area contributed by atoms with E-state index in [2.05, 4.69) is 0 Å². The first-order valence-corrected chi connectivity index (χ1v) is 7.43. The number of rotatable bonds is 3. The molecule has 0 N–H and O–H groups in total. The predicted molar refractivity (Wildman–Crippen MR) is 83.7 cm³/mol. The van der Waals surface area contributed by atoms with Gasteiger partial charge in [0.1, 0.15) is 0 Å². The molecule has 0 radical (unpaired) electrons. The van der Waals surface area contributed by atoms with Crippen LogP contribution in [-0.2, 0) is 9.59 Å². The van der Waals surface area contributed by atoms with E-state index >= 15 is 0 Å². The number of amides is 2. The molecule has 2 aromatic carbocycles. The molecule has 0 atom stereocenters. The number of benzene rings is 2. The number of carbonyl (C=O) groups excluding carboxylic acids is 2. The molecule has 2 aromatic rings. The fourth-order valence-corrected chi connectivity index (χ4v) is 3.06. The van der Waals surface area contributed by atoms with Gasteiger partial charge < -0.3 is 0 Å². The second kappa shape index (κ2) is 5.76. The van der Waals surface area contributed by atoms with Gasteiger partial charge in [-0.3, -0.25) is 9.59 Å². The van der Waals surface area contributed by atoms with Crippen LogP contribution in [0.3, 0.4) is 0 Å². The summed E-state index contributed by atoms with van der Waals surface area (Å²) in [7, 11) is 0. The fraction of sp³-hybridized carbons (Fsp3) is 0. The molecule has 3 nitrogen and oxygen atoms in total. The summed E-state index contributed by atoms with van der Waals surface area (Å²) in [6.45, 7) is 0. The van der Waals surface area contributed by atoms with Crippen molar-refractivity contribution in [2.45, 2.75) is 9.79 Å². The number of anilines is 1. The molecule has 0 spiro atoms. The summed E-state index contributed by atoms with van der Waals surface area (Å²) in [5.74, 6) is -0.631. The molecular formula is C16H10ClNO2S. The van der Waals surface area contributed by atoms with Gasteiger partial charge in [0, 0.05) is 27.0 Å². The summed E-state index contributed by atoms with van der Waals surface area (Å²) < 4.78 is 0. The van der Waals surface area contributed by atoms with Gasteiger partial charge in [0.15, 0.2) is 0 Å². The third-order valence-corrected chi connectivity index (χ3v) is 4.28. The lowest BCUT2D eigenvalue weighted by molar-refractivity contribution is -0.120. The Balaban J connectivity index is 1.95. The van der Waals surface area contributed by atoms with Crippen LogP contribution in [-0.4, -0.2) is 11.8 Å². The van der Waals surface area contributed by atoms with Crippen molar-refractivity contribution in [1.29, 1.82) is 0 Å². The predicted octanol–water partition coefficient (Wildman–Crippen LogP) is 3.92. The second-order valence-corrected chi connectivity index (χ2v) is 5.92. The summed E-state index contributed by atoms with van der Waals surface area (Å²) in [6, 6.07) is 14.7. The van der Waals surface area contributed by atoms with Crippen molar-refractivity contribution in [3.63, 3.8) is 0 Å². The van der Waals surface area contributed by atoms with Crippen LogP contribution in [0.1, 0.15) is 0 Å². The molecule has 0 aliphatic carbocycles. The number of para-hydroxylation sites is 1. The zero-order chi connectivity index (χ0) is 14.8. The minimum absolute atomic E-state index is 0.316. The van der Waals surface area contributed by atoms with E-state index in [1.807, 2.05) is 24.3 Å². The number of hydrogen-bond acceptors (Lipinski definition) is 3. The maximum absolute atomic E-state index is 11.8. The fourth-order valence-electron chi connectivity index (χ4n) is 2.00. The Labute approximate surface area is 131 Å². The van der Waals surface area contributed by atoms with Crippen LogP contribution >= 0.6 is 23.4 Å². The van der Waals surface area contributed by atoms with Gasteiger partial charge in [-0.2, -0.15) is 0 Å². The van der Waals surface area contributed by atoms with E-state index in [9.17, 15) is 9.59 Å². The Kier molecular flexibility index (Phi) is 3.82. The Morgan fingerprint density at radius 3 is 2.14 bits per heavy atom. The SMILES string of the molecule is O=C1C=CC(=O)N1c1ccccc1Sc1ccc(Cl)cc1. The van der Waals surface area contributed by atoms with Gasteiger partial charge in [-0.1, -0.05) is 35.5 Å². The van der Waals surface area contributed by atoms with Crippen molar-refractivity contribution in [2.24, 2.45) is 0 Å². The summed E-state index contributed by atoms with van der Waals surface area (Å²) in [4.78, 5) is 26.7. The van der Waals surface area contributed by atoms with Crippen molar-refractivity contribution < 1.29 is 9.59 Å². The van der Waals surface area contributed by atoms with Crippen LogP contribution in [0, 0.1) is 0 Å². The van der Waals surface area contributed by atoms with Crippen LogP contribution in [0.4, 0.5) is 5.69 Å². The number of halogens is 1. The first kappa shape index (κ1) is 13.9. The highest BCUT2D eigenvalue weighted by atomic mass is 35.5. The van der Waals surface area contributed by atoms with Gasteiger partial charge in [0.25, 0.3) is 11.8 Å². The number of hydrogen-bond donors (Lipinski definition) is 0. The van der Waals surface area contributed by atoms with E-state index in [0.29, 0.717) is 10.7 Å². The molecule has 3 rings (SSSR count). The number of imide groups is 1. The zero-order valence-electron chi connectivity index (χ0n) is 10.8. The van der Waals surface area contributed by atoms with E-state index < -0.39 is 0 Å². The first-order valence-electron chi connectivity index (χ1n) is 6.24. The van der Waals surface area contributed by atoms with Gasteiger partial charge in [-0.05, 0) is 36.4 Å². The van der Waals surface area contributed by atoms with Gasteiger partial charge in [-0.15, -0.1) is 0 Å². The van der Waals surface area contributed by atoms with Gasteiger partial charge in [0.2, 0.25) is 0 Å². The van der Waals surface area contributed by atoms with E-state index in [1.165, 1.54) is 28.8 Å². The molecule has 0 saturated heterocycles. The van der Waals surface area contributed by atoms with Crippen LogP contribution in [0.15, 0.2) is 70.5 Å². The molecule has 0 fully saturated rings. The van der Waals surface area contributed by atoms with Crippen molar-refractivity contribution in [3.8, 4) is 0 Å². The highest BCUT2D eigenvalue weighted by molar-refractivity contribution is 7.99. The average Bonchev–Trinajstić information content (AvgIpc) is 2.81. The highest BCUT2D eigenvalue weighted by Gasteiger charge is 2.27. The molecule has 0 aromatic heterocycles. The molecule has 1 aliphatic heterocycles. The smallest absolute Gasteiger partial charge is 0.258 e. The molecule has 21 heavy (non-hydrogen) atoms. The lowest BCUT2D eigenvalue weighted by Gasteiger charge is -2.17. The van der Waals surface area contributed by atoms with Crippen LogP contribution in [0.5, 0.6) is 0 Å². The summed E-state index contributed by atoms with van der Waals surface area (Å²) in [6.07, 6.45) is 2.57. The molecule has 0 unspecified atom stereocenters. The third-order valence-electron chi connectivity index (χ3n) is 2.96. The highest BCUT2D eigenvalue weighted by Crippen LogP contribution is 2.36. The van der Waals surface area contributed by atoms with Gasteiger partial charge in [0.05, 0.1) is 5.69 Å². The molecule has 1 heterocycles. The van der Waals surface area contributed by atoms with Crippen molar-refractivity contribution in [2.75, 3.05) is 4.90 Å². The number of carbonyl (C=O) groups is 2. The minimum atomic E-state index is -0.316. The average molecular weight is 316 g/mol. The molecule has 104 valence electrons. The standard InChI is InChI=1S/C16H10ClNO2S/c17-11-5-7-12(8-6-11)21-14-4-2-1-3-13(14)18-15(19)9-10-16(18)20/h1-10H. The van der Waals surface area contributed by atoms with Crippen molar-refractivity contribution in [1.82, 2.24) is 0 Å². The molecule has 0 saturated carbocycles. The summed E-state index contributed by atoms with van der Waals surface area (Å²) in [5, 5.41) is 0.668. The maximum atomic E-state index is 11.8. The van der Waals surface area contributed by atoms with E-state index in [-0.39, 0.29) is 11.8 Å². The first-order chi connectivity index (χ1) is 10.1. The van der Waals surface area contributed by atoms with Crippen molar-refractivity contribution in [3.05, 3.63) is 65.7 Å². The largest absolute Gasteiger partial charge is 0.269 e. The summed E-state index contributed by atoms with van der Waals surface area (Å²) >= 11 is 7.35. The second-order valence-electron chi connectivity index (χ2n) is 4.37. The Hall–Kier alpha value is -2.04. The van der Waals surface area contributed by atoms with E-state index in [1.54, 1.807) is 24.3 Å². The van der Waals surface area contributed by atoms with Crippen LogP contribution in [0.2, 0.25) is 5.02 Å². The molecule has 1 aliphatic rings. The lowest BCUT2D eigenvalue weighted by atomic mass is 10.3. The zero-order valence-corrected chi connectivity index (χ0v) is 12.4. The molecular weight excluding hydrogens is 306 g/mol. The molecule has 2 amide bonds. The maximum Gasteiger partial charge on any atom is 0.258 e.